The third kappa shape index (κ3) is 3.93. The summed E-state index contributed by atoms with van der Waals surface area (Å²) in [4.78, 5) is 11.1. The van der Waals surface area contributed by atoms with Crippen LogP contribution < -0.4 is 5.73 Å². The lowest BCUT2D eigenvalue weighted by Gasteiger charge is -2.00. The SMILES string of the molecule is CCCOC(=O)CSc1nnc(N)s1. The van der Waals surface area contributed by atoms with Gasteiger partial charge in [-0.25, -0.2) is 0 Å². The Hall–Kier alpha value is -0.820. The molecule has 0 radical (unpaired) electrons. The first kappa shape index (κ1) is 11.3. The van der Waals surface area contributed by atoms with E-state index in [-0.39, 0.29) is 11.7 Å². The van der Waals surface area contributed by atoms with Gasteiger partial charge in [-0.2, -0.15) is 0 Å². The molecule has 14 heavy (non-hydrogen) atoms. The average molecular weight is 233 g/mol. The normalized spacial score (nSPS) is 10.1. The van der Waals surface area contributed by atoms with Crippen LogP contribution in [0.4, 0.5) is 5.13 Å². The number of carbonyl (C=O) groups is 1. The van der Waals surface area contributed by atoms with E-state index >= 15 is 0 Å². The van der Waals surface area contributed by atoms with Crippen molar-refractivity contribution in [3.63, 3.8) is 0 Å². The van der Waals surface area contributed by atoms with Gasteiger partial charge in [0.2, 0.25) is 5.13 Å². The Morgan fingerprint density at radius 2 is 2.43 bits per heavy atom. The van der Waals surface area contributed by atoms with Crippen LogP contribution in [-0.4, -0.2) is 28.5 Å². The highest BCUT2D eigenvalue weighted by molar-refractivity contribution is 8.01. The van der Waals surface area contributed by atoms with Crippen LogP contribution in [0.5, 0.6) is 0 Å². The number of ether oxygens (including phenoxy) is 1. The van der Waals surface area contributed by atoms with Gasteiger partial charge in [0.15, 0.2) is 4.34 Å². The van der Waals surface area contributed by atoms with Crippen LogP contribution in [-0.2, 0) is 9.53 Å². The maximum atomic E-state index is 11.1. The minimum Gasteiger partial charge on any atom is -0.465 e. The summed E-state index contributed by atoms with van der Waals surface area (Å²) in [6.07, 6.45) is 0.835. The Bertz CT molecular complexity index is 303. The van der Waals surface area contributed by atoms with E-state index < -0.39 is 0 Å². The van der Waals surface area contributed by atoms with Gasteiger partial charge in [-0.3, -0.25) is 4.79 Å². The zero-order valence-corrected chi connectivity index (χ0v) is 9.36. The summed E-state index contributed by atoms with van der Waals surface area (Å²) >= 11 is 2.55. The van der Waals surface area contributed by atoms with Crippen LogP contribution in [0.25, 0.3) is 0 Å². The molecule has 0 saturated carbocycles. The van der Waals surface area contributed by atoms with Gasteiger partial charge in [-0.15, -0.1) is 10.2 Å². The second kappa shape index (κ2) is 5.82. The molecule has 0 aliphatic rings. The first-order valence-electron chi connectivity index (χ1n) is 4.09. The lowest BCUT2D eigenvalue weighted by atomic mass is 10.5. The zero-order valence-electron chi connectivity index (χ0n) is 7.73. The summed E-state index contributed by atoms with van der Waals surface area (Å²) < 4.78 is 5.58. The topological polar surface area (TPSA) is 78.1 Å². The van der Waals surface area contributed by atoms with Crippen molar-refractivity contribution in [1.29, 1.82) is 0 Å². The molecule has 0 spiro atoms. The molecule has 0 unspecified atom stereocenters. The molecule has 0 atom stereocenters. The first-order chi connectivity index (χ1) is 6.72. The van der Waals surface area contributed by atoms with Crippen molar-refractivity contribution >= 4 is 34.2 Å². The van der Waals surface area contributed by atoms with Crippen LogP contribution >= 0.6 is 23.1 Å². The molecule has 0 aliphatic heterocycles. The Labute approximate surface area is 90.0 Å². The molecule has 0 amide bonds. The number of carbonyl (C=O) groups excluding carboxylic acids is 1. The molecule has 1 heterocycles. The molecule has 1 aromatic heterocycles. The Balaban J connectivity index is 2.23. The van der Waals surface area contributed by atoms with Gasteiger partial charge in [0.1, 0.15) is 0 Å². The number of thioether (sulfide) groups is 1. The summed E-state index contributed by atoms with van der Waals surface area (Å²) in [5.74, 6) is 0.0277. The molecule has 0 bridgehead atoms. The van der Waals surface area contributed by atoms with Crippen molar-refractivity contribution < 1.29 is 9.53 Å². The van der Waals surface area contributed by atoms with E-state index in [9.17, 15) is 4.79 Å². The molecule has 1 aromatic rings. The van der Waals surface area contributed by atoms with Crippen molar-refractivity contribution in [2.45, 2.75) is 17.7 Å². The number of hydrogen-bond donors (Lipinski definition) is 1. The first-order valence-corrected chi connectivity index (χ1v) is 5.90. The van der Waals surface area contributed by atoms with Gasteiger partial charge in [-0.05, 0) is 6.42 Å². The molecule has 5 nitrogen and oxygen atoms in total. The average Bonchev–Trinajstić information content (AvgIpc) is 2.58. The monoisotopic (exact) mass is 233 g/mol. The van der Waals surface area contributed by atoms with Crippen LogP contribution in [0.15, 0.2) is 4.34 Å². The second-order valence-electron chi connectivity index (χ2n) is 2.42. The molecule has 0 fully saturated rings. The largest absolute Gasteiger partial charge is 0.465 e. The fourth-order valence-electron chi connectivity index (χ4n) is 0.657. The number of aromatic nitrogens is 2. The van der Waals surface area contributed by atoms with Gasteiger partial charge in [0.25, 0.3) is 0 Å². The smallest absolute Gasteiger partial charge is 0.316 e. The highest BCUT2D eigenvalue weighted by Gasteiger charge is 2.06. The Morgan fingerprint density at radius 1 is 1.64 bits per heavy atom. The molecule has 7 heteroatoms. The number of anilines is 1. The number of nitrogens with zero attached hydrogens (tertiary/aromatic N) is 2. The Morgan fingerprint density at radius 3 is 3.00 bits per heavy atom. The summed E-state index contributed by atoms with van der Waals surface area (Å²) in [5, 5.41) is 7.81. The molecule has 0 aliphatic carbocycles. The summed E-state index contributed by atoms with van der Waals surface area (Å²) in [6.45, 7) is 2.42. The minimum absolute atomic E-state index is 0.231. The van der Waals surface area contributed by atoms with E-state index in [1.54, 1.807) is 0 Å². The van der Waals surface area contributed by atoms with E-state index in [1.807, 2.05) is 6.92 Å². The predicted octanol–water partition coefficient (Wildman–Crippen LogP) is 1.17. The van der Waals surface area contributed by atoms with E-state index in [1.165, 1.54) is 23.1 Å². The fraction of sp³-hybridized carbons (Fsp3) is 0.571. The second-order valence-corrected chi connectivity index (χ2v) is 4.65. The highest BCUT2D eigenvalue weighted by atomic mass is 32.2. The Kier molecular flexibility index (Phi) is 4.68. The number of hydrogen-bond acceptors (Lipinski definition) is 7. The lowest BCUT2D eigenvalue weighted by molar-refractivity contribution is -0.140. The van der Waals surface area contributed by atoms with Crippen LogP contribution in [0.1, 0.15) is 13.3 Å². The standard InChI is InChI=1S/C7H11N3O2S2/c1-2-3-12-5(11)4-13-7-10-9-6(8)14-7/h2-4H2,1H3,(H2,8,9). The van der Waals surface area contributed by atoms with Crippen molar-refractivity contribution in [3.05, 3.63) is 0 Å². The maximum absolute atomic E-state index is 11.1. The van der Waals surface area contributed by atoms with Crippen LogP contribution in [0.3, 0.4) is 0 Å². The van der Waals surface area contributed by atoms with Crippen LogP contribution in [0.2, 0.25) is 0 Å². The van der Waals surface area contributed by atoms with Crippen molar-refractivity contribution in [2.75, 3.05) is 18.1 Å². The summed E-state index contributed by atoms with van der Waals surface area (Å²) in [6, 6.07) is 0. The maximum Gasteiger partial charge on any atom is 0.316 e. The quantitative estimate of drug-likeness (QED) is 0.607. The van der Waals surface area contributed by atoms with Gasteiger partial charge >= 0.3 is 5.97 Å². The summed E-state index contributed by atoms with van der Waals surface area (Å²) in [5.41, 5.74) is 5.38. The third-order valence-electron chi connectivity index (χ3n) is 1.20. The van der Waals surface area contributed by atoms with Gasteiger partial charge < -0.3 is 10.5 Å². The van der Waals surface area contributed by atoms with E-state index in [2.05, 4.69) is 10.2 Å². The molecule has 2 N–H and O–H groups in total. The molecule has 0 saturated heterocycles. The van der Waals surface area contributed by atoms with E-state index in [0.29, 0.717) is 16.1 Å². The number of esters is 1. The van der Waals surface area contributed by atoms with E-state index in [4.69, 9.17) is 10.5 Å². The highest BCUT2D eigenvalue weighted by Crippen LogP contribution is 2.23. The van der Waals surface area contributed by atoms with Crippen molar-refractivity contribution in [1.82, 2.24) is 10.2 Å². The molecular formula is C7H11N3O2S2. The summed E-state index contributed by atoms with van der Waals surface area (Å²) in [7, 11) is 0. The third-order valence-corrected chi connectivity index (χ3v) is 3.06. The van der Waals surface area contributed by atoms with Gasteiger partial charge in [0, 0.05) is 0 Å². The van der Waals surface area contributed by atoms with Crippen LogP contribution in [0, 0.1) is 0 Å². The lowest BCUT2D eigenvalue weighted by Crippen LogP contribution is -2.07. The molecule has 78 valence electrons. The molecular weight excluding hydrogens is 222 g/mol. The van der Waals surface area contributed by atoms with Crippen molar-refractivity contribution in [3.8, 4) is 0 Å². The minimum atomic E-state index is -0.231. The zero-order chi connectivity index (χ0) is 10.4. The number of nitrogen functional groups attached to an aromatic ring is 1. The molecule has 1 rings (SSSR count). The molecule has 0 aromatic carbocycles. The van der Waals surface area contributed by atoms with Crippen molar-refractivity contribution in [2.24, 2.45) is 0 Å². The van der Waals surface area contributed by atoms with Gasteiger partial charge in [-0.1, -0.05) is 30.0 Å². The number of nitrogens with two attached hydrogens (primary N) is 1. The predicted molar refractivity (Wildman–Crippen MR) is 56.3 cm³/mol. The van der Waals surface area contributed by atoms with E-state index in [0.717, 1.165) is 6.42 Å². The fourth-order valence-corrected chi connectivity index (χ4v) is 2.09. The van der Waals surface area contributed by atoms with Gasteiger partial charge in [0.05, 0.1) is 12.4 Å². The number of rotatable bonds is 5.